The quantitative estimate of drug-likeness (QED) is 0.773. The molecule has 2 heterocycles. The van der Waals surface area contributed by atoms with Crippen LogP contribution in [0.15, 0.2) is 45.3 Å². The first kappa shape index (κ1) is 12.4. The van der Waals surface area contributed by atoms with Crippen LogP contribution >= 0.6 is 11.8 Å². The fourth-order valence-corrected chi connectivity index (χ4v) is 2.63. The SMILES string of the molecule is Cn1c(Sc2cc(C#N)c3ccccc3n2)n[nH]c1=O. The number of hydrogen-bond acceptors (Lipinski definition) is 5. The van der Waals surface area contributed by atoms with Gasteiger partial charge in [0, 0.05) is 12.4 Å². The van der Waals surface area contributed by atoms with Gasteiger partial charge in [-0.05, 0) is 23.9 Å². The van der Waals surface area contributed by atoms with Crippen molar-refractivity contribution in [3.63, 3.8) is 0 Å². The van der Waals surface area contributed by atoms with Crippen LogP contribution in [0.25, 0.3) is 10.9 Å². The van der Waals surface area contributed by atoms with Gasteiger partial charge < -0.3 is 0 Å². The topological polar surface area (TPSA) is 87.4 Å². The van der Waals surface area contributed by atoms with Crippen molar-refractivity contribution >= 4 is 22.7 Å². The molecule has 0 aliphatic carbocycles. The molecule has 1 N–H and O–H groups in total. The first-order valence-electron chi connectivity index (χ1n) is 5.78. The Labute approximate surface area is 118 Å². The van der Waals surface area contributed by atoms with Gasteiger partial charge in [0.2, 0.25) is 0 Å². The number of nitriles is 1. The van der Waals surface area contributed by atoms with E-state index in [0.29, 0.717) is 15.7 Å². The van der Waals surface area contributed by atoms with Gasteiger partial charge >= 0.3 is 5.69 Å². The lowest BCUT2D eigenvalue weighted by atomic mass is 10.1. The van der Waals surface area contributed by atoms with E-state index in [1.807, 2.05) is 24.3 Å². The van der Waals surface area contributed by atoms with E-state index in [1.165, 1.54) is 16.3 Å². The second-order valence-electron chi connectivity index (χ2n) is 4.11. The van der Waals surface area contributed by atoms with Crippen LogP contribution in [0.3, 0.4) is 0 Å². The molecule has 3 rings (SSSR count). The number of para-hydroxylation sites is 1. The highest BCUT2D eigenvalue weighted by Gasteiger charge is 2.10. The van der Waals surface area contributed by atoms with Crippen molar-refractivity contribution in [3.05, 3.63) is 46.4 Å². The van der Waals surface area contributed by atoms with Gasteiger partial charge in [0.15, 0.2) is 5.16 Å². The number of aromatic nitrogens is 4. The van der Waals surface area contributed by atoms with Crippen molar-refractivity contribution in [1.29, 1.82) is 5.26 Å². The van der Waals surface area contributed by atoms with Gasteiger partial charge in [-0.15, -0.1) is 5.10 Å². The molecule has 0 spiro atoms. The first-order valence-corrected chi connectivity index (χ1v) is 6.60. The molecular weight excluding hydrogens is 274 g/mol. The third-order valence-corrected chi connectivity index (χ3v) is 3.81. The van der Waals surface area contributed by atoms with Gasteiger partial charge in [-0.2, -0.15) is 5.26 Å². The molecule has 0 atom stereocenters. The molecule has 0 aliphatic heterocycles. The predicted octanol–water partition coefficient (Wildman–Crippen LogP) is 1.68. The number of nitrogens with one attached hydrogen (secondary N) is 1. The minimum Gasteiger partial charge on any atom is -0.273 e. The van der Waals surface area contributed by atoms with E-state index < -0.39 is 0 Å². The molecule has 2 aromatic heterocycles. The van der Waals surface area contributed by atoms with Crippen LogP contribution in [0, 0.1) is 11.3 Å². The summed E-state index contributed by atoms with van der Waals surface area (Å²) in [7, 11) is 1.63. The summed E-state index contributed by atoms with van der Waals surface area (Å²) < 4.78 is 1.40. The molecule has 3 aromatic rings. The predicted molar refractivity (Wildman–Crippen MR) is 74.4 cm³/mol. The molecular formula is C13H9N5OS. The number of fused-ring (bicyclic) bond motifs is 1. The molecule has 7 heteroatoms. The molecule has 0 bridgehead atoms. The van der Waals surface area contributed by atoms with E-state index in [1.54, 1.807) is 13.1 Å². The van der Waals surface area contributed by atoms with E-state index >= 15 is 0 Å². The molecule has 0 unspecified atom stereocenters. The third-order valence-electron chi connectivity index (χ3n) is 2.85. The van der Waals surface area contributed by atoms with Crippen molar-refractivity contribution in [2.45, 2.75) is 10.2 Å². The second-order valence-corrected chi connectivity index (χ2v) is 5.10. The number of benzene rings is 1. The lowest BCUT2D eigenvalue weighted by Gasteiger charge is -2.04. The molecule has 0 saturated carbocycles. The Morgan fingerprint density at radius 3 is 2.90 bits per heavy atom. The summed E-state index contributed by atoms with van der Waals surface area (Å²) in [4.78, 5) is 15.8. The highest BCUT2D eigenvalue weighted by Crippen LogP contribution is 2.27. The van der Waals surface area contributed by atoms with Crippen LogP contribution < -0.4 is 5.69 Å². The standard InChI is InChI=1S/C13H9N5OS/c1-18-12(19)16-17-13(18)20-11-6-8(7-14)9-4-2-3-5-10(9)15-11/h2-6H,1H3,(H,16,19). The summed E-state index contributed by atoms with van der Waals surface area (Å²) in [5, 5.41) is 17.4. The zero-order valence-corrected chi connectivity index (χ0v) is 11.3. The monoisotopic (exact) mass is 283 g/mol. The van der Waals surface area contributed by atoms with Gasteiger partial charge in [-0.25, -0.2) is 14.9 Å². The minimum absolute atomic E-state index is 0.284. The van der Waals surface area contributed by atoms with Gasteiger partial charge in [0.25, 0.3) is 0 Å². The summed E-state index contributed by atoms with van der Waals surface area (Å²) in [6.07, 6.45) is 0. The van der Waals surface area contributed by atoms with E-state index in [4.69, 9.17) is 0 Å². The highest BCUT2D eigenvalue weighted by molar-refractivity contribution is 7.99. The van der Waals surface area contributed by atoms with E-state index in [9.17, 15) is 10.1 Å². The number of aromatic amines is 1. The van der Waals surface area contributed by atoms with Crippen molar-refractivity contribution in [1.82, 2.24) is 19.7 Å². The summed E-state index contributed by atoms with van der Waals surface area (Å²) in [5.74, 6) is 0. The Morgan fingerprint density at radius 1 is 1.40 bits per heavy atom. The van der Waals surface area contributed by atoms with Crippen LogP contribution in [0.2, 0.25) is 0 Å². The Kier molecular flexibility index (Phi) is 3.00. The zero-order chi connectivity index (χ0) is 14.1. The maximum absolute atomic E-state index is 11.3. The molecule has 0 radical (unpaired) electrons. The number of pyridine rings is 1. The fraction of sp³-hybridized carbons (Fsp3) is 0.0769. The minimum atomic E-state index is -0.284. The van der Waals surface area contributed by atoms with Crippen molar-refractivity contribution in [3.8, 4) is 6.07 Å². The second kappa shape index (κ2) is 4.83. The van der Waals surface area contributed by atoms with Gasteiger partial charge in [0.05, 0.1) is 17.1 Å². The molecule has 98 valence electrons. The highest BCUT2D eigenvalue weighted by atomic mass is 32.2. The Bertz CT molecular complexity index is 890. The summed E-state index contributed by atoms with van der Waals surface area (Å²) in [6, 6.07) is 11.3. The maximum atomic E-state index is 11.3. The summed E-state index contributed by atoms with van der Waals surface area (Å²) >= 11 is 1.24. The Morgan fingerprint density at radius 2 is 2.20 bits per heavy atom. The molecule has 0 fully saturated rings. The van der Waals surface area contributed by atoms with Gasteiger partial charge in [-0.1, -0.05) is 18.2 Å². The molecule has 0 amide bonds. The molecule has 0 aliphatic rings. The maximum Gasteiger partial charge on any atom is 0.343 e. The van der Waals surface area contributed by atoms with Gasteiger partial charge in [-0.3, -0.25) is 4.57 Å². The average Bonchev–Trinajstić information content (AvgIpc) is 2.78. The molecule has 0 saturated heterocycles. The molecule has 20 heavy (non-hydrogen) atoms. The van der Waals surface area contributed by atoms with Crippen LogP contribution in [0.5, 0.6) is 0 Å². The largest absolute Gasteiger partial charge is 0.343 e. The number of nitrogens with zero attached hydrogens (tertiary/aromatic N) is 4. The van der Waals surface area contributed by atoms with Crippen LogP contribution in [0.4, 0.5) is 0 Å². The third kappa shape index (κ3) is 2.06. The van der Waals surface area contributed by atoms with Crippen LogP contribution in [-0.2, 0) is 7.05 Å². The first-order chi connectivity index (χ1) is 9.69. The van der Waals surface area contributed by atoms with E-state index in [0.717, 1.165) is 10.9 Å². The lowest BCUT2D eigenvalue weighted by molar-refractivity contribution is 0.765. The van der Waals surface area contributed by atoms with E-state index in [-0.39, 0.29) is 5.69 Å². The van der Waals surface area contributed by atoms with Gasteiger partial charge in [0.1, 0.15) is 5.03 Å². The molecule has 1 aromatic carbocycles. The number of H-pyrrole nitrogens is 1. The number of rotatable bonds is 2. The summed E-state index contributed by atoms with van der Waals surface area (Å²) in [6.45, 7) is 0. The summed E-state index contributed by atoms with van der Waals surface area (Å²) in [5.41, 5.74) is 1.02. The lowest BCUT2D eigenvalue weighted by Crippen LogP contribution is -2.12. The van der Waals surface area contributed by atoms with E-state index in [2.05, 4.69) is 21.3 Å². The smallest absolute Gasteiger partial charge is 0.273 e. The van der Waals surface area contributed by atoms with Crippen LogP contribution in [0.1, 0.15) is 5.56 Å². The van der Waals surface area contributed by atoms with Crippen molar-refractivity contribution < 1.29 is 0 Å². The number of hydrogen-bond donors (Lipinski definition) is 1. The Hall–Kier alpha value is -2.59. The Balaban J connectivity index is 2.11. The fourth-order valence-electron chi connectivity index (χ4n) is 1.81. The van der Waals surface area contributed by atoms with Crippen molar-refractivity contribution in [2.75, 3.05) is 0 Å². The van der Waals surface area contributed by atoms with Crippen molar-refractivity contribution in [2.24, 2.45) is 7.05 Å². The normalized spacial score (nSPS) is 10.6. The average molecular weight is 283 g/mol. The molecule has 6 nitrogen and oxygen atoms in total. The van der Waals surface area contributed by atoms with Crippen LogP contribution in [-0.4, -0.2) is 19.7 Å². The zero-order valence-electron chi connectivity index (χ0n) is 10.5.